The Morgan fingerprint density at radius 2 is 2.19 bits per heavy atom. The fraction of sp³-hybridized carbons (Fsp3) is 0.917. The molecular formula is C12H24N2O2. The van der Waals surface area contributed by atoms with Crippen LogP contribution in [0.2, 0.25) is 0 Å². The fourth-order valence-electron chi connectivity index (χ4n) is 1.84. The molecule has 0 saturated carbocycles. The average Bonchev–Trinajstić information content (AvgIpc) is 2.14. The van der Waals surface area contributed by atoms with Crippen LogP contribution >= 0.6 is 0 Å². The molecule has 1 heterocycles. The first-order valence-corrected chi connectivity index (χ1v) is 6.05. The first-order chi connectivity index (χ1) is 7.38. The van der Waals surface area contributed by atoms with E-state index in [-0.39, 0.29) is 11.6 Å². The Balaban J connectivity index is 2.25. The SMILES string of the molecule is CC1CNCCN1CCC(=O)OC(C)(C)C. The molecule has 94 valence electrons. The highest BCUT2D eigenvalue weighted by atomic mass is 16.6. The molecule has 1 aliphatic heterocycles. The Morgan fingerprint density at radius 3 is 2.75 bits per heavy atom. The second-order valence-corrected chi connectivity index (χ2v) is 5.43. The number of hydrogen-bond acceptors (Lipinski definition) is 4. The molecule has 1 atom stereocenters. The van der Waals surface area contributed by atoms with Crippen LogP contribution in [-0.4, -0.2) is 48.7 Å². The van der Waals surface area contributed by atoms with Crippen molar-refractivity contribution in [2.24, 2.45) is 0 Å². The van der Waals surface area contributed by atoms with Crippen molar-refractivity contribution in [3.8, 4) is 0 Å². The molecule has 16 heavy (non-hydrogen) atoms. The predicted molar refractivity (Wildman–Crippen MR) is 64.4 cm³/mol. The van der Waals surface area contributed by atoms with Crippen LogP contribution in [0.25, 0.3) is 0 Å². The molecule has 4 nitrogen and oxygen atoms in total. The molecule has 0 aromatic carbocycles. The lowest BCUT2D eigenvalue weighted by Gasteiger charge is -2.33. The van der Waals surface area contributed by atoms with Crippen molar-refractivity contribution in [3.63, 3.8) is 0 Å². The lowest BCUT2D eigenvalue weighted by atomic mass is 10.2. The number of hydrogen-bond donors (Lipinski definition) is 1. The minimum Gasteiger partial charge on any atom is -0.460 e. The molecule has 0 aromatic heterocycles. The standard InChI is InChI=1S/C12H24N2O2/c1-10-9-13-6-8-14(10)7-5-11(15)16-12(2,3)4/h10,13H,5-9H2,1-4H3. The van der Waals surface area contributed by atoms with Gasteiger partial charge >= 0.3 is 5.97 Å². The normalized spacial score (nSPS) is 23.1. The van der Waals surface area contributed by atoms with Gasteiger partial charge in [0.1, 0.15) is 5.60 Å². The smallest absolute Gasteiger partial charge is 0.307 e. The van der Waals surface area contributed by atoms with E-state index in [1.54, 1.807) is 0 Å². The summed E-state index contributed by atoms with van der Waals surface area (Å²) in [6.45, 7) is 11.7. The van der Waals surface area contributed by atoms with Crippen LogP contribution in [0.4, 0.5) is 0 Å². The molecule has 0 radical (unpaired) electrons. The van der Waals surface area contributed by atoms with Crippen LogP contribution in [0.3, 0.4) is 0 Å². The van der Waals surface area contributed by atoms with Gasteiger partial charge < -0.3 is 10.1 Å². The number of rotatable bonds is 3. The molecule has 1 unspecified atom stereocenters. The summed E-state index contributed by atoms with van der Waals surface area (Å²) < 4.78 is 5.28. The number of carbonyl (C=O) groups excluding carboxylic acids is 1. The van der Waals surface area contributed by atoms with E-state index < -0.39 is 0 Å². The third kappa shape index (κ3) is 4.94. The van der Waals surface area contributed by atoms with Crippen molar-refractivity contribution in [1.82, 2.24) is 10.2 Å². The number of carbonyl (C=O) groups is 1. The number of nitrogens with one attached hydrogen (secondary N) is 1. The summed E-state index contributed by atoms with van der Waals surface area (Å²) in [7, 11) is 0. The minimum atomic E-state index is -0.369. The van der Waals surface area contributed by atoms with Gasteiger partial charge in [-0.1, -0.05) is 0 Å². The van der Waals surface area contributed by atoms with Gasteiger partial charge in [0.15, 0.2) is 0 Å². The van der Waals surface area contributed by atoms with Gasteiger partial charge in [-0.2, -0.15) is 0 Å². The van der Waals surface area contributed by atoms with Crippen molar-refractivity contribution in [2.45, 2.75) is 45.8 Å². The lowest BCUT2D eigenvalue weighted by molar-refractivity contribution is -0.155. The van der Waals surface area contributed by atoms with Gasteiger partial charge in [-0.25, -0.2) is 0 Å². The maximum Gasteiger partial charge on any atom is 0.307 e. The Labute approximate surface area is 98.3 Å². The Hall–Kier alpha value is -0.610. The van der Waals surface area contributed by atoms with E-state index in [0.717, 1.165) is 26.2 Å². The zero-order valence-electron chi connectivity index (χ0n) is 10.9. The van der Waals surface area contributed by atoms with E-state index in [2.05, 4.69) is 17.1 Å². The third-order valence-corrected chi connectivity index (χ3v) is 2.66. The summed E-state index contributed by atoms with van der Waals surface area (Å²) in [6.07, 6.45) is 0.488. The van der Waals surface area contributed by atoms with Crippen LogP contribution in [0.15, 0.2) is 0 Å². The summed E-state index contributed by atoms with van der Waals surface area (Å²) >= 11 is 0. The molecule has 4 heteroatoms. The molecule has 0 amide bonds. The van der Waals surface area contributed by atoms with Crippen molar-refractivity contribution in [2.75, 3.05) is 26.2 Å². The first-order valence-electron chi connectivity index (χ1n) is 6.05. The second kappa shape index (κ2) is 5.64. The van der Waals surface area contributed by atoms with Gasteiger partial charge in [0, 0.05) is 32.2 Å². The van der Waals surface area contributed by atoms with E-state index in [0.29, 0.717) is 12.5 Å². The lowest BCUT2D eigenvalue weighted by Crippen LogP contribution is -2.50. The summed E-state index contributed by atoms with van der Waals surface area (Å²) in [4.78, 5) is 13.9. The van der Waals surface area contributed by atoms with Crippen LogP contribution in [0, 0.1) is 0 Å². The molecule has 1 fully saturated rings. The first kappa shape index (κ1) is 13.5. The van der Waals surface area contributed by atoms with Gasteiger partial charge in [0.2, 0.25) is 0 Å². The zero-order chi connectivity index (χ0) is 12.2. The van der Waals surface area contributed by atoms with Gasteiger partial charge in [-0.05, 0) is 27.7 Å². The summed E-state index contributed by atoms with van der Waals surface area (Å²) in [5.74, 6) is -0.0989. The molecule has 1 aliphatic rings. The van der Waals surface area contributed by atoms with Crippen molar-refractivity contribution < 1.29 is 9.53 Å². The Bertz CT molecular complexity index is 236. The second-order valence-electron chi connectivity index (χ2n) is 5.43. The van der Waals surface area contributed by atoms with Gasteiger partial charge in [-0.15, -0.1) is 0 Å². The van der Waals surface area contributed by atoms with Gasteiger partial charge in [0.05, 0.1) is 6.42 Å². The Kier molecular flexibility index (Phi) is 4.74. The van der Waals surface area contributed by atoms with E-state index in [9.17, 15) is 4.79 Å². The molecule has 1 rings (SSSR count). The number of esters is 1. The van der Waals surface area contributed by atoms with E-state index in [1.807, 2.05) is 20.8 Å². The third-order valence-electron chi connectivity index (χ3n) is 2.66. The quantitative estimate of drug-likeness (QED) is 0.732. The van der Waals surface area contributed by atoms with E-state index in [1.165, 1.54) is 0 Å². The van der Waals surface area contributed by atoms with Crippen molar-refractivity contribution in [1.29, 1.82) is 0 Å². The zero-order valence-corrected chi connectivity index (χ0v) is 10.9. The van der Waals surface area contributed by atoms with Gasteiger partial charge in [0.25, 0.3) is 0 Å². The predicted octanol–water partition coefficient (Wildman–Crippen LogP) is 1.01. The number of ether oxygens (including phenoxy) is 1. The minimum absolute atomic E-state index is 0.0989. The monoisotopic (exact) mass is 228 g/mol. The fourth-order valence-corrected chi connectivity index (χ4v) is 1.84. The molecule has 1 saturated heterocycles. The van der Waals surface area contributed by atoms with Crippen molar-refractivity contribution in [3.05, 3.63) is 0 Å². The van der Waals surface area contributed by atoms with Crippen LogP contribution in [-0.2, 0) is 9.53 Å². The average molecular weight is 228 g/mol. The van der Waals surface area contributed by atoms with Crippen molar-refractivity contribution >= 4 is 5.97 Å². The largest absolute Gasteiger partial charge is 0.460 e. The number of piperazine rings is 1. The molecule has 0 spiro atoms. The molecule has 0 aromatic rings. The highest BCUT2D eigenvalue weighted by Gasteiger charge is 2.20. The van der Waals surface area contributed by atoms with Gasteiger partial charge in [-0.3, -0.25) is 9.69 Å². The topological polar surface area (TPSA) is 41.6 Å². The summed E-state index contributed by atoms with van der Waals surface area (Å²) in [5, 5.41) is 3.33. The van der Waals surface area contributed by atoms with E-state index in [4.69, 9.17) is 4.74 Å². The number of nitrogens with zero attached hydrogens (tertiary/aromatic N) is 1. The molecule has 0 aliphatic carbocycles. The summed E-state index contributed by atoms with van der Waals surface area (Å²) in [6, 6.07) is 0.510. The molecule has 0 bridgehead atoms. The molecule has 1 N–H and O–H groups in total. The molecular weight excluding hydrogens is 204 g/mol. The van der Waals surface area contributed by atoms with Crippen LogP contribution in [0.1, 0.15) is 34.1 Å². The van der Waals surface area contributed by atoms with E-state index >= 15 is 0 Å². The van der Waals surface area contributed by atoms with Crippen LogP contribution < -0.4 is 5.32 Å². The summed E-state index contributed by atoms with van der Waals surface area (Å²) in [5.41, 5.74) is -0.369. The maximum absolute atomic E-state index is 11.5. The Morgan fingerprint density at radius 1 is 1.50 bits per heavy atom. The highest BCUT2D eigenvalue weighted by molar-refractivity contribution is 5.70. The highest BCUT2D eigenvalue weighted by Crippen LogP contribution is 2.09. The van der Waals surface area contributed by atoms with Crippen LogP contribution in [0.5, 0.6) is 0 Å². The maximum atomic E-state index is 11.5.